The average Bonchev–Trinajstić information content (AvgIpc) is 2.79. The highest BCUT2D eigenvalue weighted by Crippen LogP contribution is 2.34. The topological polar surface area (TPSA) is 29.9 Å². The minimum atomic E-state index is 0.563. The molecule has 0 unspecified atom stereocenters. The van der Waals surface area contributed by atoms with Crippen molar-refractivity contribution in [1.29, 1.82) is 0 Å². The van der Waals surface area contributed by atoms with E-state index in [1.54, 1.807) is 5.69 Å². The highest BCUT2D eigenvalue weighted by atomic mass is 15.1. The summed E-state index contributed by atoms with van der Waals surface area (Å²) in [5.41, 5.74) is 2.97. The zero-order valence-corrected chi connectivity index (χ0v) is 11.7. The minimum absolute atomic E-state index is 0.563. The Morgan fingerprint density at radius 2 is 2.00 bits per heavy atom. The van der Waals surface area contributed by atoms with Crippen molar-refractivity contribution in [2.45, 2.75) is 64.3 Å². The van der Waals surface area contributed by atoms with Crippen LogP contribution in [0.5, 0.6) is 0 Å². The molecule has 100 valence electrons. The molecule has 3 heterocycles. The molecule has 1 saturated heterocycles. The van der Waals surface area contributed by atoms with E-state index in [0.29, 0.717) is 5.92 Å². The summed E-state index contributed by atoms with van der Waals surface area (Å²) in [5.74, 6) is 2.66. The predicted molar refractivity (Wildman–Crippen MR) is 74.1 cm³/mol. The van der Waals surface area contributed by atoms with E-state index in [9.17, 15) is 0 Å². The number of hydrogen-bond donors (Lipinski definition) is 1. The molecule has 0 aromatic carbocycles. The van der Waals surface area contributed by atoms with E-state index in [-0.39, 0.29) is 0 Å². The summed E-state index contributed by atoms with van der Waals surface area (Å²) in [5, 5.41) is 3.48. The first-order valence-corrected chi connectivity index (χ1v) is 7.57. The molecule has 18 heavy (non-hydrogen) atoms. The molecule has 0 atom stereocenters. The number of piperidine rings is 1. The Morgan fingerprint density at radius 1 is 1.22 bits per heavy atom. The molecule has 0 spiro atoms. The summed E-state index contributed by atoms with van der Waals surface area (Å²) in [6.07, 6.45) is 6.40. The van der Waals surface area contributed by atoms with Gasteiger partial charge in [-0.15, -0.1) is 0 Å². The first-order valence-electron chi connectivity index (χ1n) is 7.57. The second kappa shape index (κ2) is 5.04. The molecular formula is C15H25N3. The molecule has 0 amide bonds. The lowest BCUT2D eigenvalue weighted by Gasteiger charge is -2.27. The van der Waals surface area contributed by atoms with E-state index in [2.05, 4.69) is 23.7 Å². The van der Waals surface area contributed by atoms with E-state index >= 15 is 0 Å². The zero-order chi connectivity index (χ0) is 12.5. The summed E-state index contributed by atoms with van der Waals surface area (Å²) in [7, 11) is 0. The molecule has 2 aliphatic rings. The Hall–Kier alpha value is -0.830. The minimum Gasteiger partial charge on any atom is -0.331 e. The third-order valence-electron chi connectivity index (χ3n) is 4.42. The maximum atomic E-state index is 4.97. The summed E-state index contributed by atoms with van der Waals surface area (Å²) < 4.78 is 2.56. The number of imidazole rings is 1. The van der Waals surface area contributed by atoms with Crippen LogP contribution in [0.15, 0.2) is 0 Å². The SMILES string of the molecule is CC(C)c1nc2n(c1C1CCNCC1)CCCC2. The molecule has 0 bridgehead atoms. The number of rotatable bonds is 2. The van der Waals surface area contributed by atoms with Crippen molar-refractivity contribution >= 4 is 0 Å². The molecule has 3 nitrogen and oxygen atoms in total. The van der Waals surface area contributed by atoms with Crippen LogP contribution in [-0.4, -0.2) is 22.6 Å². The van der Waals surface area contributed by atoms with Gasteiger partial charge in [-0.1, -0.05) is 13.8 Å². The Labute approximate surface area is 110 Å². The van der Waals surface area contributed by atoms with Gasteiger partial charge in [-0.05, 0) is 44.7 Å². The van der Waals surface area contributed by atoms with Gasteiger partial charge in [0.25, 0.3) is 0 Å². The van der Waals surface area contributed by atoms with Gasteiger partial charge in [0.2, 0.25) is 0 Å². The number of nitrogens with one attached hydrogen (secondary N) is 1. The second-order valence-electron chi connectivity index (χ2n) is 6.09. The van der Waals surface area contributed by atoms with Crippen molar-refractivity contribution in [3.63, 3.8) is 0 Å². The van der Waals surface area contributed by atoms with Crippen LogP contribution in [0.2, 0.25) is 0 Å². The van der Waals surface area contributed by atoms with Gasteiger partial charge in [0.05, 0.1) is 5.69 Å². The highest BCUT2D eigenvalue weighted by Gasteiger charge is 2.27. The van der Waals surface area contributed by atoms with Gasteiger partial charge in [-0.25, -0.2) is 4.98 Å². The van der Waals surface area contributed by atoms with Crippen LogP contribution < -0.4 is 5.32 Å². The van der Waals surface area contributed by atoms with E-state index < -0.39 is 0 Å². The molecule has 0 aliphatic carbocycles. The molecular weight excluding hydrogens is 222 g/mol. The van der Waals surface area contributed by atoms with Crippen molar-refractivity contribution < 1.29 is 0 Å². The lowest BCUT2D eigenvalue weighted by Crippen LogP contribution is -2.28. The molecule has 1 aromatic heterocycles. The molecule has 1 N–H and O–H groups in total. The smallest absolute Gasteiger partial charge is 0.109 e. The Bertz CT molecular complexity index is 414. The van der Waals surface area contributed by atoms with Crippen molar-refractivity contribution in [3.8, 4) is 0 Å². The number of hydrogen-bond acceptors (Lipinski definition) is 2. The van der Waals surface area contributed by atoms with Gasteiger partial charge in [0.1, 0.15) is 5.82 Å². The highest BCUT2D eigenvalue weighted by molar-refractivity contribution is 5.26. The maximum absolute atomic E-state index is 4.97. The number of aryl methyl sites for hydroxylation is 1. The lowest BCUT2D eigenvalue weighted by molar-refractivity contribution is 0.420. The van der Waals surface area contributed by atoms with E-state index in [1.165, 1.54) is 63.3 Å². The Morgan fingerprint density at radius 3 is 2.72 bits per heavy atom. The normalized spacial score (nSPS) is 21.3. The van der Waals surface area contributed by atoms with Gasteiger partial charge in [-0.3, -0.25) is 0 Å². The largest absolute Gasteiger partial charge is 0.331 e. The van der Waals surface area contributed by atoms with Crippen molar-refractivity contribution in [3.05, 3.63) is 17.2 Å². The standard InChI is InChI=1S/C15H25N3/c1-11(2)14-15(12-6-8-16-9-7-12)18-10-4-3-5-13(18)17-14/h11-12,16H,3-10H2,1-2H3. The first-order chi connectivity index (χ1) is 8.77. The summed E-state index contributed by atoms with van der Waals surface area (Å²) >= 11 is 0. The van der Waals surface area contributed by atoms with Crippen LogP contribution >= 0.6 is 0 Å². The molecule has 2 aliphatic heterocycles. The molecule has 0 radical (unpaired) electrons. The van der Waals surface area contributed by atoms with E-state index in [0.717, 1.165) is 5.92 Å². The molecule has 3 heteroatoms. The first kappa shape index (κ1) is 12.2. The average molecular weight is 247 g/mol. The molecule has 1 aromatic rings. The van der Waals surface area contributed by atoms with E-state index in [1.807, 2.05) is 0 Å². The summed E-state index contributed by atoms with van der Waals surface area (Å²) in [6, 6.07) is 0. The van der Waals surface area contributed by atoms with Crippen LogP contribution in [0.3, 0.4) is 0 Å². The summed E-state index contributed by atoms with van der Waals surface area (Å²) in [4.78, 5) is 4.97. The van der Waals surface area contributed by atoms with E-state index in [4.69, 9.17) is 4.98 Å². The monoisotopic (exact) mass is 247 g/mol. The summed E-state index contributed by atoms with van der Waals surface area (Å²) in [6.45, 7) is 8.12. The number of fused-ring (bicyclic) bond motifs is 1. The molecule has 1 fully saturated rings. The van der Waals surface area contributed by atoms with Gasteiger partial charge in [0.15, 0.2) is 0 Å². The lowest BCUT2D eigenvalue weighted by atomic mass is 9.90. The quantitative estimate of drug-likeness (QED) is 0.871. The fourth-order valence-corrected chi connectivity index (χ4v) is 3.48. The van der Waals surface area contributed by atoms with Crippen LogP contribution in [0, 0.1) is 0 Å². The Kier molecular flexibility index (Phi) is 3.42. The fraction of sp³-hybridized carbons (Fsp3) is 0.800. The van der Waals surface area contributed by atoms with Crippen LogP contribution in [0.4, 0.5) is 0 Å². The molecule has 0 saturated carbocycles. The third-order valence-corrected chi connectivity index (χ3v) is 4.42. The fourth-order valence-electron chi connectivity index (χ4n) is 3.48. The predicted octanol–water partition coefficient (Wildman–Crippen LogP) is 2.81. The van der Waals surface area contributed by atoms with Crippen LogP contribution in [0.1, 0.15) is 68.6 Å². The van der Waals surface area contributed by atoms with Crippen LogP contribution in [-0.2, 0) is 13.0 Å². The number of nitrogens with zero attached hydrogens (tertiary/aromatic N) is 2. The molecule has 3 rings (SSSR count). The van der Waals surface area contributed by atoms with Gasteiger partial charge in [-0.2, -0.15) is 0 Å². The maximum Gasteiger partial charge on any atom is 0.109 e. The van der Waals surface area contributed by atoms with Crippen molar-refractivity contribution in [2.75, 3.05) is 13.1 Å². The van der Waals surface area contributed by atoms with Gasteiger partial charge < -0.3 is 9.88 Å². The van der Waals surface area contributed by atoms with Crippen molar-refractivity contribution in [2.24, 2.45) is 0 Å². The Balaban J connectivity index is 2.01. The van der Waals surface area contributed by atoms with Crippen molar-refractivity contribution in [1.82, 2.24) is 14.9 Å². The number of aromatic nitrogens is 2. The third kappa shape index (κ3) is 2.09. The second-order valence-corrected chi connectivity index (χ2v) is 6.09. The van der Waals surface area contributed by atoms with Gasteiger partial charge >= 0.3 is 0 Å². The zero-order valence-electron chi connectivity index (χ0n) is 11.7. The van der Waals surface area contributed by atoms with Crippen LogP contribution in [0.25, 0.3) is 0 Å². The van der Waals surface area contributed by atoms with Gasteiger partial charge in [0, 0.05) is 24.6 Å².